The van der Waals surface area contributed by atoms with Crippen molar-refractivity contribution in [3.8, 4) is 34.8 Å². The maximum Gasteiger partial charge on any atom is 1.00 e. The second kappa shape index (κ2) is 38.9. The van der Waals surface area contributed by atoms with Gasteiger partial charge in [0, 0.05) is 43.2 Å². The van der Waals surface area contributed by atoms with Gasteiger partial charge in [0.2, 0.25) is 17.2 Å². The first kappa shape index (κ1) is 83.0. The van der Waals surface area contributed by atoms with Crippen molar-refractivity contribution >= 4 is 50.5 Å². The van der Waals surface area contributed by atoms with Crippen molar-refractivity contribution in [1.29, 1.82) is 5.26 Å². The average molecular weight is 1350 g/mol. The summed E-state index contributed by atoms with van der Waals surface area (Å²) in [6.45, 7) is 26.7. The molecule has 2 aliphatic heterocycles. The molecule has 5 aromatic carbocycles. The number of hydroxylamine groups is 4. The third-order valence-corrected chi connectivity index (χ3v) is 11.3. The normalized spacial score (nSPS) is 13.4. The average Bonchev–Trinajstić information content (AvgIpc) is 1.74. The summed E-state index contributed by atoms with van der Waals surface area (Å²) in [5, 5.41) is 25.8. The number of nitrogens with zero attached hydrogens (tertiary/aromatic N) is 6. The van der Waals surface area contributed by atoms with Crippen molar-refractivity contribution in [3.63, 3.8) is 0 Å². The number of ether oxygens (including phenoxy) is 5. The molecule has 0 spiro atoms. The minimum Gasteiger partial charge on any atom is -0.747 e. The second-order valence-corrected chi connectivity index (χ2v) is 23.3. The zero-order valence-corrected chi connectivity index (χ0v) is 56.7. The van der Waals surface area contributed by atoms with Crippen LogP contribution in [0.1, 0.15) is 129 Å². The van der Waals surface area contributed by atoms with Gasteiger partial charge in [0.25, 0.3) is 23.6 Å². The molecule has 0 N–H and O–H groups in total. The van der Waals surface area contributed by atoms with Gasteiger partial charge in [-0.25, -0.2) is 35.0 Å². The maximum absolute atomic E-state index is 12.9. The van der Waals surface area contributed by atoms with Gasteiger partial charge in [0.1, 0.15) is 55.7 Å². The molecule has 2 saturated heterocycles. The molecule has 6 aromatic rings. The summed E-state index contributed by atoms with van der Waals surface area (Å²) in [5.74, 6) is -8.69. The van der Waals surface area contributed by atoms with Crippen LogP contribution in [-0.2, 0) is 39.0 Å². The third-order valence-electron chi connectivity index (χ3n) is 10.2. The van der Waals surface area contributed by atoms with Crippen LogP contribution in [0, 0.1) is 62.2 Å². The van der Waals surface area contributed by atoms with Gasteiger partial charge >= 0.3 is 35.2 Å². The minimum absolute atomic E-state index is 0. The van der Waals surface area contributed by atoms with E-state index in [1.807, 2.05) is 48.5 Å². The first-order valence-electron chi connectivity index (χ1n) is 27.9. The number of rotatable bonds is 15. The summed E-state index contributed by atoms with van der Waals surface area (Å²) in [6.07, 6.45) is -0.981. The Hall–Kier alpha value is -7.99. The van der Waals surface area contributed by atoms with Gasteiger partial charge in [-0.1, -0.05) is 0 Å². The fourth-order valence-corrected chi connectivity index (χ4v) is 7.52. The molecule has 0 bridgehead atoms. The summed E-state index contributed by atoms with van der Waals surface area (Å²) in [6, 6.07) is 21.3. The number of nitro benzene ring substituents is 1. The monoisotopic (exact) mass is 1350 g/mol. The Morgan fingerprint density at radius 3 is 1.42 bits per heavy atom. The van der Waals surface area contributed by atoms with Crippen molar-refractivity contribution in [1.82, 2.24) is 20.4 Å². The van der Waals surface area contributed by atoms with Crippen molar-refractivity contribution in [2.75, 3.05) is 0 Å². The van der Waals surface area contributed by atoms with Crippen LogP contribution in [0.2, 0.25) is 0 Å². The van der Waals surface area contributed by atoms with Gasteiger partial charge < -0.3 is 28.2 Å². The molecule has 4 amide bonds. The van der Waals surface area contributed by atoms with Crippen LogP contribution in [0.3, 0.4) is 0 Å². The molecule has 2 aliphatic rings. The number of halogens is 7. The van der Waals surface area contributed by atoms with Gasteiger partial charge in [-0.15, -0.1) is 0 Å². The van der Waals surface area contributed by atoms with E-state index in [1.165, 1.54) is 38.1 Å². The number of carbonyl (C=O) groups is 4. The van der Waals surface area contributed by atoms with E-state index < -0.39 is 97.0 Å². The molecule has 3 heterocycles. The third kappa shape index (κ3) is 30.1. The van der Waals surface area contributed by atoms with Crippen LogP contribution in [0.4, 0.5) is 36.4 Å². The van der Waals surface area contributed by atoms with Gasteiger partial charge in [0.15, 0.2) is 28.7 Å². The molecule has 0 saturated carbocycles. The van der Waals surface area contributed by atoms with E-state index in [0.717, 1.165) is 29.0 Å². The quantitative estimate of drug-likeness (QED) is 0.0176. The van der Waals surface area contributed by atoms with Gasteiger partial charge in [0.05, 0.1) is 59.6 Å². The predicted octanol–water partition coefficient (Wildman–Crippen LogP) is 9.53. The molecular weight excluding hydrogens is 1280 g/mol. The molecule has 93 heavy (non-hydrogen) atoms. The number of amides is 4. The fourth-order valence-electron chi connectivity index (χ4n) is 6.83. The Balaban J connectivity index is 0.000000544. The Kier molecular flexibility index (Phi) is 34.7. The molecule has 504 valence electrons. The van der Waals surface area contributed by atoms with Crippen molar-refractivity contribution in [2.24, 2.45) is 0 Å². The molecule has 0 aliphatic carbocycles. The smallest absolute Gasteiger partial charge is 0.747 e. The van der Waals surface area contributed by atoms with E-state index in [1.54, 1.807) is 77.9 Å². The zero-order valence-electron chi connectivity index (χ0n) is 53.9. The van der Waals surface area contributed by atoms with Crippen LogP contribution in [0.5, 0.6) is 28.7 Å². The second-order valence-electron chi connectivity index (χ2n) is 21.8. The number of benzene rings is 5. The summed E-state index contributed by atoms with van der Waals surface area (Å²) in [5.41, 5.74) is 0.432. The maximum atomic E-state index is 12.9. The summed E-state index contributed by atoms with van der Waals surface area (Å²) in [4.78, 5) is 64.2. The topological polar surface area (TPSA) is 302 Å². The van der Waals surface area contributed by atoms with Crippen LogP contribution in [-0.4, -0.2) is 109 Å². The van der Waals surface area contributed by atoms with Crippen molar-refractivity contribution in [3.05, 3.63) is 141 Å². The van der Waals surface area contributed by atoms with E-state index >= 15 is 0 Å². The molecule has 0 radical (unpaired) electrons. The number of imide groups is 2. The zero-order chi connectivity index (χ0) is 70.1. The van der Waals surface area contributed by atoms with Crippen molar-refractivity contribution < 1.29 is 135 Å². The molecule has 32 heteroatoms. The molecule has 23 nitrogen and oxygen atoms in total. The number of non-ortho nitro benzene ring substituents is 1. The van der Waals surface area contributed by atoms with Gasteiger partial charge in [-0.2, -0.15) is 24.2 Å². The number of nitro groups is 1. The molecule has 1 aromatic heterocycles. The largest absolute Gasteiger partial charge is 1.00 e. The number of fused-ring (bicyclic) bond motifs is 1. The van der Waals surface area contributed by atoms with Crippen LogP contribution >= 0.6 is 0 Å². The van der Waals surface area contributed by atoms with Crippen LogP contribution < -0.4 is 53.2 Å². The minimum atomic E-state index is -4.80. The summed E-state index contributed by atoms with van der Waals surface area (Å²) >= 11 is 0. The number of carbonyl (C=O) groups excluding carboxylic acids is 4. The van der Waals surface area contributed by atoms with Crippen LogP contribution in [0.15, 0.2) is 89.6 Å². The standard InChI is InChI=1S/C10H11N3O4.C10H11NO.C9H8F4O.C9H10F2O.C9H11FO.C7H11NO6S.C7H11NO3.Na/c1-10(2,3)16-7-5-4-6(13(14)15)8-9(7)12-17-11-8;1-8(2)12-10-5-3-9(7-11)4-6-10;1-4(2)14-9-7(12)5(10)3-6(11)8(9)13;1-6(2)12-9-4-7(10)3-8(11)5-9;1-7(2)11-9-5-3-8(10)4-6-9;1-4(2)14-8-6(9)3-5(7(8)10)15(11,12)13;1-5(2)11-8-6(9)3-4-7(8)10;/h4-5H,1-3H3;3-6,8H,1-2H3;3-4H,1-2H3;3-6H,1-2H3;3-7H,1-2H3;4-5H,3H2,1-2H3,(H,11,12,13);5H,3-4H2,1-2H3;/q;;;;;;;+1/p-1. The molecule has 2 fully saturated rings. The van der Waals surface area contributed by atoms with Crippen LogP contribution in [0.25, 0.3) is 11.0 Å². The fraction of sp³-hybridized carbons (Fsp3) is 0.426. The first-order chi connectivity index (χ1) is 42.6. The first-order valence-corrected chi connectivity index (χ1v) is 29.4. The number of hydrogen-bond acceptors (Lipinski definition) is 20. The molecule has 8 rings (SSSR count). The number of nitriles is 1. The van der Waals surface area contributed by atoms with E-state index in [0.29, 0.717) is 22.1 Å². The van der Waals surface area contributed by atoms with Gasteiger partial charge in [-0.05, 0) is 169 Å². The van der Waals surface area contributed by atoms with E-state index in [9.17, 15) is 73.0 Å². The molecule has 1 unspecified atom stereocenters. The van der Waals surface area contributed by atoms with Gasteiger partial charge in [-0.3, -0.25) is 39.0 Å². The molecule has 1 atom stereocenters. The Labute approximate surface area is 555 Å². The van der Waals surface area contributed by atoms with E-state index in [2.05, 4.69) is 25.7 Å². The Morgan fingerprint density at radius 1 is 0.591 bits per heavy atom. The van der Waals surface area contributed by atoms with Crippen molar-refractivity contribution in [2.45, 2.75) is 171 Å². The Morgan fingerprint density at radius 2 is 1.02 bits per heavy atom. The summed E-state index contributed by atoms with van der Waals surface area (Å²) < 4.78 is 151. The van der Waals surface area contributed by atoms with E-state index in [4.69, 9.17) is 33.9 Å². The SMILES string of the molecule is CC(C)(C)Oc1ccc([N+](=O)[O-])c2nonc12.CC(C)ON1C(=O)CC(S(=O)(=O)[O-])C1=O.CC(C)ON1C(=O)CCC1=O.CC(C)Oc1c(F)c(F)cc(F)c1F.CC(C)Oc1cc(F)cc(F)c1.CC(C)Oc1ccc(C#N)cc1.CC(C)Oc1ccc(F)cc1.[Na+]. The molecular formula is C61H72F7N6NaO17S. The number of aromatic nitrogens is 2. The summed E-state index contributed by atoms with van der Waals surface area (Å²) in [7, 11) is -4.80. The van der Waals surface area contributed by atoms with E-state index in [-0.39, 0.29) is 113 Å². The Bertz CT molecular complexity index is 3510. The number of hydrogen-bond donors (Lipinski definition) is 0. The predicted molar refractivity (Wildman–Crippen MR) is 316 cm³/mol.